The largest absolute Gasteiger partial charge is 0.379 e. The number of imide groups is 1. The zero-order valence-electron chi connectivity index (χ0n) is 54.8. The van der Waals surface area contributed by atoms with E-state index in [1.807, 2.05) is 44.2 Å². The number of hydrogen-bond donors (Lipinski definition) is 8. The second kappa shape index (κ2) is 37.5. The molecule has 0 spiro atoms. The molecule has 0 saturated carbocycles. The number of urea groups is 1. The number of primary amides is 1. The first-order chi connectivity index (χ1) is 42.0. The topological polar surface area (TPSA) is 346 Å². The molecule has 1 fully saturated rings. The van der Waals surface area contributed by atoms with Crippen LogP contribution in [0.5, 0.6) is 0 Å². The quantitative estimate of drug-likeness (QED) is 0.0345. The molecule has 11 atom stereocenters. The van der Waals surface area contributed by atoms with E-state index >= 15 is 0 Å². The van der Waals surface area contributed by atoms with Crippen LogP contribution in [0, 0.1) is 29.6 Å². The van der Waals surface area contributed by atoms with E-state index in [1.165, 1.54) is 50.3 Å². The van der Waals surface area contributed by atoms with E-state index in [4.69, 9.17) is 15.2 Å². The molecule has 3 rings (SSSR count). The van der Waals surface area contributed by atoms with Crippen molar-refractivity contribution in [3.63, 3.8) is 0 Å². The van der Waals surface area contributed by atoms with Crippen LogP contribution in [0.4, 0.5) is 4.79 Å². The number of nitrogens with zero attached hydrogens (tertiary/aromatic N) is 4. The number of rotatable bonds is 38. The van der Waals surface area contributed by atoms with Gasteiger partial charge < -0.3 is 67.1 Å². The Kier molecular flexibility index (Phi) is 31.9. The average Bonchev–Trinajstić information content (AvgIpc) is 2.40. The number of hydrogen-bond acceptors (Lipinski definition) is 14. The van der Waals surface area contributed by atoms with Crippen molar-refractivity contribution < 1.29 is 67.0 Å². The van der Waals surface area contributed by atoms with E-state index < -0.39 is 132 Å². The molecule has 0 aromatic heterocycles. The molecular weight excluding hydrogens is 1150 g/mol. The van der Waals surface area contributed by atoms with E-state index in [0.717, 1.165) is 10.5 Å². The van der Waals surface area contributed by atoms with Crippen LogP contribution in [0.25, 0.3) is 0 Å². The van der Waals surface area contributed by atoms with E-state index in [-0.39, 0.29) is 74.7 Å². The van der Waals surface area contributed by atoms with Crippen LogP contribution >= 0.6 is 0 Å². The second-order valence-corrected chi connectivity index (χ2v) is 24.4. The normalized spacial score (nSPS) is 17.3. The molecule has 0 aliphatic carbocycles. The minimum Gasteiger partial charge on any atom is -0.379 e. The number of ether oxygens (including phenoxy) is 2. The van der Waals surface area contributed by atoms with Crippen molar-refractivity contribution in [2.45, 2.75) is 187 Å². The Labute approximate surface area is 525 Å². The summed E-state index contributed by atoms with van der Waals surface area (Å²) in [6.07, 6.45) is 4.46. The molecule has 1 aromatic rings. The van der Waals surface area contributed by atoms with Gasteiger partial charge in [0.1, 0.15) is 30.2 Å². The van der Waals surface area contributed by atoms with Crippen molar-refractivity contribution in [1.82, 2.24) is 56.8 Å². The van der Waals surface area contributed by atoms with Gasteiger partial charge in [0.25, 0.3) is 11.8 Å². The Hall–Kier alpha value is -7.48. The van der Waals surface area contributed by atoms with Crippen molar-refractivity contribution in [3.8, 4) is 0 Å². The summed E-state index contributed by atoms with van der Waals surface area (Å²) in [7, 11) is 7.48. The van der Waals surface area contributed by atoms with E-state index in [2.05, 4.69) is 37.2 Å². The molecule has 0 bridgehead atoms. The summed E-state index contributed by atoms with van der Waals surface area (Å²) in [4.78, 5) is 166. The van der Waals surface area contributed by atoms with Crippen LogP contribution in [-0.4, -0.2) is 207 Å². The van der Waals surface area contributed by atoms with E-state index in [1.54, 1.807) is 60.4 Å². The highest BCUT2D eigenvalue weighted by molar-refractivity contribution is 6.12. The van der Waals surface area contributed by atoms with E-state index in [9.17, 15) is 57.5 Å². The van der Waals surface area contributed by atoms with Crippen LogP contribution in [0.15, 0.2) is 42.5 Å². The van der Waals surface area contributed by atoms with Gasteiger partial charge in [-0.05, 0) is 67.8 Å². The smallest absolute Gasteiger partial charge is 0.312 e. The summed E-state index contributed by atoms with van der Waals surface area (Å²) in [6.45, 7) is 16.1. The predicted molar refractivity (Wildman–Crippen MR) is 333 cm³/mol. The molecule has 2 unspecified atom stereocenters. The van der Waals surface area contributed by atoms with Crippen LogP contribution in [0.1, 0.15) is 132 Å². The van der Waals surface area contributed by atoms with Crippen molar-refractivity contribution in [1.29, 1.82) is 0 Å². The Morgan fingerprint density at radius 1 is 0.697 bits per heavy atom. The van der Waals surface area contributed by atoms with Gasteiger partial charge in [0.05, 0.1) is 43.2 Å². The molecule has 13 amide bonds. The van der Waals surface area contributed by atoms with E-state index in [0.29, 0.717) is 45.1 Å². The summed E-state index contributed by atoms with van der Waals surface area (Å²) in [6, 6.07) is 1.97. The van der Waals surface area contributed by atoms with Gasteiger partial charge >= 0.3 is 6.03 Å². The number of benzene rings is 1. The van der Waals surface area contributed by atoms with Gasteiger partial charge in [0.15, 0.2) is 0 Å². The minimum absolute atomic E-state index is 0.0119. The minimum atomic E-state index is -1.25. The Morgan fingerprint density at radius 3 is 1.89 bits per heavy atom. The maximum absolute atomic E-state index is 14.9. The first kappa shape index (κ1) is 75.8. The van der Waals surface area contributed by atoms with Crippen molar-refractivity contribution in [2.75, 3.05) is 61.5 Å². The first-order valence-electron chi connectivity index (χ1n) is 31.2. The van der Waals surface area contributed by atoms with Gasteiger partial charge in [-0.25, -0.2) is 4.79 Å². The van der Waals surface area contributed by atoms with Gasteiger partial charge in [-0.3, -0.25) is 57.6 Å². The lowest BCUT2D eigenvalue weighted by atomic mass is 9.89. The molecule has 9 N–H and O–H groups in total. The monoisotopic (exact) mass is 1250 g/mol. The van der Waals surface area contributed by atoms with Gasteiger partial charge in [0, 0.05) is 80.0 Å². The number of nitrogens with one attached hydrogen (secondary N) is 7. The molecule has 2 heterocycles. The standard InChI is InChI=1S/C63H102N12O14/c1-15-40(8)55(46(88-13)35-50(79)74-33-23-27-45(74)56(89-14)41(9)57(81)69-44(58(82)65-10)34-42-24-18-16-19-25-42)73(12)62(86)53(38(4)5)71-61(85)54(39(6)7)72(11)51(80)36-67-59(83)43(26-22-31-66-63(64)87)68-60(84)52(37(2)3)70-47(76)28-20-17-21-32-75-48(77)29-30-49(75)78/h16,18-19,24-25,29-30,37-41,43-46,52-56H,15,17,20-23,26-28,31-36H2,1-14H3,(H,65,82)(H,67,83)(H,68,84)(H,69,81)(H,70,76)(H,71,85)(H3,64,66,87)/t40-,41+,43-,44-,45-,46+,52?,53?,54-,55-,56+/m0/s1. The third kappa shape index (κ3) is 22.8. The average molecular weight is 1250 g/mol. The summed E-state index contributed by atoms with van der Waals surface area (Å²) in [5, 5.41) is 18.9. The van der Waals surface area contributed by atoms with Crippen LogP contribution in [-0.2, 0) is 68.6 Å². The lowest BCUT2D eigenvalue weighted by Crippen LogP contribution is -2.61. The lowest BCUT2D eigenvalue weighted by Gasteiger charge is -2.41. The van der Waals surface area contributed by atoms with Crippen molar-refractivity contribution >= 4 is 71.0 Å². The number of amides is 13. The molecule has 26 heteroatoms. The molecule has 498 valence electrons. The highest BCUT2D eigenvalue weighted by Gasteiger charge is 2.44. The lowest BCUT2D eigenvalue weighted by molar-refractivity contribution is -0.148. The van der Waals surface area contributed by atoms with Crippen LogP contribution in [0.2, 0.25) is 0 Å². The molecule has 89 heavy (non-hydrogen) atoms. The van der Waals surface area contributed by atoms with Crippen molar-refractivity contribution in [3.05, 3.63) is 48.0 Å². The van der Waals surface area contributed by atoms with Gasteiger partial charge in [0.2, 0.25) is 53.2 Å². The summed E-state index contributed by atoms with van der Waals surface area (Å²) in [5.41, 5.74) is 6.11. The molecule has 1 saturated heterocycles. The summed E-state index contributed by atoms with van der Waals surface area (Å²) >= 11 is 0. The number of methoxy groups -OCH3 is 2. The SMILES string of the molecule is CC[C@H](C)[C@@H]([C@@H](CC(=O)N1CCC[C@H]1[C@H](OC)[C@@H](C)C(=O)N[C@@H](Cc1ccccc1)C(=O)NC)OC)N(C)C(=O)C(NC(=O)[C@H](C(C)C)N(C)C(=O)CNC(=O)[C@H](CCCNC(N)=O)NC(=O)C(NC(=O)CCCCCN1C(=O)C=CC1=O)C(C)C)C(C)C. The number of carbonyl (C=O) groups excluding carboxylic acids is 12. The Balaban J connectivity index is 1.73. The Morgan fingerprint density at radius 2 is 1.33 bits per heavy atom. The van der Waals surface area contributed by atoms with Crippen LogP contribution < -0.4 is 43.0 Å². The second-order valence-electron chi connectivity index (χ2n) is 24.4. The summed E-state index contributed by atoms with van der Waals surface area (Å²) < 4.78 is 12.1. The molecule has 26 nitrogen and oxygen atoms in total. The fraction of sp³-hybridized carbons (Fsp3) is 0.683. The number of unbranched alkanes of at least 4 members (excludes halogenated alkanes) is 2. The Bertz CT molecular complexity index is 2580. The first-order valence-corrected chi connectivity index (χ1v) is 31.2. The van der Waals surface area contributed by atoms with Gasteiger partial charge in [-0.1, -0.05) is 105 Å². The maximum atomic E-state index is 14.9. The van der Waals surface area contributed by atoms with Crippen LogP contribution in [0.3, 0.4) is 0 Å². The number of likely N-dealkylation sites (tertiary alicyclic amines) is 1. The molecule has 1 aromatic carbocycles. The molecule has 2 aliphatic rings. The maximum Gasteiger partial charge on any atom is 0.312 e. The van der Waals surface area contributed by atoms with Crippen molar-refractivity contribution in [2.24, 2.45) is 35.3 Å². The van der Waals surface area contributed by atoms with Gasteiger partial charge in [-0.2, -0.15) is 0 Å². The number of nitrogens with two attached hydrogens (primary N) is 1. The molecule has 0 radical (unpaired) electrons. The summed E-state index contributed by atoms with van der Waals surface area (Å²) in [5.74, 6) is -7.80. The molecule has 2 aliphatic heterocycles. The highest BCUT2D eigenvalue weighted by Crippen LogP contribution is 2.30. The number of carbonyl (C=O) groups is 12. The fourth-order valence-corrected chi connectivity index (χ4v) is 11.5. The zero-order valence-corrected chi connectivity index (χ0v) is 54.8. The predicted octanol–water partition coefficient (Wildman–Crippen LogP) is 1.68. The number of likely N-dealkylation sites (N-methyl/N-ethyl adjacent to an activating group) is 3. The highest BCUT2D eigenvalue weighted by atomic mass is 16.5. The zero-order chi connectivity index (χ0) is 66.8. The third-order valence-corrected chi connectivity index (χ3v) is 16.8. The third-order valence-electron chi connectivity index (χ3n) is 16.8. The fourth-order valence-electron chi connectivity index (χ4n) is 11.5. The molecular formula is C63H102N12O14. The van der Waals surface area contributed by atoms with Gasteiger partial charge in [-0.15, -0.1) is 0 Å².